The first-order chi connectivity index (χ1) is 9.02. The molecule has 2 N–H and O–H groups in total. The van der Waals surface area contributed by atoms with Gasteiger partial charge in [-0.2, -0.15) is 0 Å². The van der Waals surface area contributed by atoms with Gasteiger partial charge in [-0.25, -0.2) is 4.98 Å². The monoisotopic (exact) mass is 359 g/mol. The highest BCUT2D eigenvalue weighted by atomic mass is 79.9. The summed E-state index contributed by atoms with van der Waals surface area (Å²) in [5.41, 5.74) is 9.00. The number of halogens is 1. The number of thiazole rings is 1. The van der Waals surface area contributed by atoms with E-state index < -0.39 is 0 Å². The number of aromatic nitrogens is 1. The summed E-state index contributed by atoms with van der Waals surface area (Å²) in [6, 6.07) is 2.45. The van der Waals surface area contributed by atoms with Gasteiger partial charge in [-0.1, -0.05) is 0 Å². The molecular formula is C13H18BrN3S2. The van der Waals surface area contributed by atoms with E-state index >= 15 is 0 Å². The van der Waals surface area contributed by atoms with Crippen LogP contribution in [-0.2, 0) is 6.54 Å². The molecule has 0 amide bonds. The van der Waals surface area contributed by atoms with E-state index in [9.17, 15) is 0 Å². The molecule has 0 fully saturated rings. The lowest BCUT2D eigenvalue weighted by atomic mass is 10.2. The van der Waals surface area contributed by atoms with Gasteiger partial charge in [-0.15, -0.1) is 22.7 Å². The molecule has 1 unspecified atom stereocenters. The third-order valence-corrected chi connectivity index (χ3v) is 6.36. The lowest BCUT2D eigenvalue weighted by Gasteiger charge is -2.25. The molecule has 2 aromatic rings. The molecule has 2 rings (SSSR count). The van der Waals surface area contributed by atoms with E-state index in [4.69, 9.17) is 5.73 Å². The maximum absolute atomic E-state index is 5.97. The van der Waals surface area contributed by atoms with Crippen molar-refractivity contribution in [1.82, 2.24) is 9.88 Å². The molecule has 19 heavy (non-hydrogen) atoms. The topological polar surface area (TPSA) is 42.2 Å². The van der Waals surface area contributed by atoms with Crippen molar-refractivity contribution in [3.05, 3.63) is 36.4 Å². The Morgan fingerprint density at radius 3 is 2.68 bits per heavy atom. The van der Waals surface area contributed by atoms with Crippen molar-refractivity contribution in [2.24, 2.45) is 5.73 Å². The Morgan fingerprint density at radius 2 is 2.21 bits per heavy atom. The molecular weight excluding hydrogens is 342 g/mol. The molecule has 1 atom stereocenters. The number of thiophene rings is 1. The molecule has 2 heterocycles. The highest BCUT2D eigenvalue weighted by molar-refractivity contribution is 9.10. The second-order valence-corrected chi connectivity index (χ2v) is 7.66. The van der Waals surface area contributed by atoms with E-state index in [1.165, 1.54) is 19.1 Å². The summed E-state index contributed by atoms with van der Waals surface area (Å²) < 4.78 is 1.17. The summed E-state index contributed by atoms with van der Waals surface area (Å²) in [4.78, 5) is 10.5. The van der Waals surface area contributed by atoms with Crippen LogP contribution in [0.2, 0.25) is 0 Å². The van der Waals surface area contributed by atoms with Crippen LogP contribution >= 0.6 is 38.6 Å². The number of hydrogen-bond acceptors (Lipinski definition) is 5. The molecule has 3 nitrogen and oxygen atoms in total. The summed E-state index contributed by atoms with van der Waals surface area (Å²) >= 11 is 7.10. The van der Waals surface area contributed by atoms with Crippen molar-refractivity contribution in [2.45, 2.75) is 26.4 Å². The molecule has 2 aromatic heterocycles. The minimum absolute atomic E-state index is 0.261. The number of nitrogens with two attached hydrogens (primary N) is 1. The van der Waals surface area contributed by atoms with Gasteiger partial charge < -0.3 is 5.73 Å². The van der Waals surface area contributed by atoms with Gasteiger partial charge in [0.05, 0.1) is 17.2 Å². The second kappa shape index (κ2) is 6.45. The number of nitrogens with zero attached hydrogens (tertiary/aromatic N) is 2. The summed E-state index contributed by atoms with van der Waals surface area (Å²) in [5, 5.41) is 0. The Hall–Kier alpha value is -0.270. The molecule has 0 aromatic carbocycles. The molecule has 0 aliphatic rings. The zero-order chi connectivity index (χ0) is 14.0. The average molecular weight is 360 g/mol. The number of hydrogen-bond donors (Lipinski definition) is 1. The van der Waals surface area contributed by atoms with Crippen molar-refractivity contribution >= 4 is 38.6 Å². The molecule has 0 bridgehead atoms. The highest BCUT2D eigenvalue weighted by Crippen LogP contribution is 2.33. The fourth-order valence-electron chi connectivity index (χ4n) is 1.97. The molecule has 6 heteroatoms. The Kier molecular flexibility index (Phi) is 5.14. The quantitative estimate of drug-likeness (QED) is 0.884. The molecule has 0 radical (unpaired) electrons. The van der Waals surface area contributed by atoms with E-state index in [0.29, 0.717) is 6.54 Å². The Morgan fingerprint density at radius 1 is 1.47 bits per heavy atom. The predicted molar refractivity (Wildman–Crippen MR) is 86.9 cm³/mol. The van der Waals surface area contributed by atoms with Crippen molar-refractivity contribution in [3.8, 4) is 0 Å². The zero-order valence-electron chi connectivity index (χ0n) is 11.3. The van der Waals surface area contributed by atoms with Crippen LogP contribution in [0.15, 0.2) is 16.0 Å². The Bertz CT molecular complexity index is 530. The number of likely N-dealkylation sites (N-methyl/N-ethyl adjacent to an activating group) is 1. The average Bonchev–Trinajstić information content (AvgIpc) is 2.89. The lowest BCUT2D eigenvalue weighted by Crippen LogP contribution is -2.29. The molecule has 0 spiro atoms. The van der Waals surface area contributed by atoms with E-state index in [1.807, 2.05) is 16.8 Å². The van der Waals surface area contributed by atoms with Crippen LogP contribution < -0.4 is 5.73 Å². The van der Waals surface area contributed by atoms with Gasteiger partial charge in [0.25, 0.3) is 0 Å². The van der Waals surface area contributed by atoms with E-state index in [-0.39, 0.29) is 6.04 Å². The molecule has 0 saturated heterocycles. The zero-order valence-corrected chi connectivity index (χ0v) is 14.5. The highest BCUT2D eigenvalue weighted by Gasteiger charge is 2.19. The third kappa shape index (κ3) is 3.44. The third-order valence-electron chi connectivity index (χ3n) is 3.20. The van der Waals surface area contributed by atoms with Crippen molar-refractivity contribution in [2.75, 3.05) is 13.6 Å². The largest absolute Gasteiger partial charge is 0.329 e. The summed E-state index contributed by atoms with van der Waals surface area (Å²) in [5.74, 6) is 0. The minimum Gasteiger partial charge on any atom is -0.329 e. The predicted octanol–water partition coefficient (Wildman–Crippen LogP) is 3.72. The van der Waals surface area contributed by atoms with Crippen LogP contribution in [-0.4, -0.2) is 23.5 Å². The Labute approximate surface area is 130 Å². The molecule has 0 aliphatic carbocycles. The van der Waals surface area contributed by atoms with Gasteiger partial charge in [0.2, 0.25) is 0 Å². The van der Waals surface area contributed by atoms with E-state index in [2.05, 4.69) is 52.8 Å². The molecule has 0 aliphatic heterocycles. The number of rotatable bonds is 5. The normalized spacial score (nSPS) is 13.2. The fraction of sp³-hybridized carbons (Fsp3) is 0.462. The van der Waals surface area contributed by atoms with Crippen LogP contribution in [0.3, 0.4) is 0 Å². The van der Waals surface area contributed by atoms with Crippen LogP contribution in [0.4, 0.5) is 0 Å². The van der Waals surface area contributed by atoms with Gasteiger partial charge >= 0.3 is 0 Å². The van der Waals surface area contributed by atoms with Gasteiger partial charge in [-0.3, -0.25) is 4.90 Å². The van der Waals surface area contributed by atoms with Crippen LogP contribution in [0.5, 0.6) is 0 Å². The van der Waals surface area contributed by atoms with Gasteiger partial charge in [-0.05, 0) is 42.9 Å². The van der Waals surface area contributed by atoms with Crippen molar-refractivity contribution in [1.29, 1.82) is 0 Å². The summed E-state index contributed by atoms with van der Waals surface area (Å²) in [7, 11) is 2.12. The molecule has 104 valence electrons. The van der Waals surface area contributed by atoms with E-state index in [0.717, 1.165) is 12.2 Å². The maximum atomic E-state index is 5.97. The molecule has 0 saturated carbocycles. The fourth-order valence-corrected chi connectivity index (χ4v) is 4.55. The van der Waals surface area contributed by atoms with Crippen LogP contribution in [0.25, 0.3) is 0 Å². The minimum atomic E-state index is 0.261. The maximum Gasteiger partial charge on any atom is 0.0798 e. The first-order valence-corrected chi connectivity index (χ1v) is 8.57. The Balaban J connectivity index is 2.15. The van der Waals surface area contributed by atoms with Gasteiger partial charge in [0.1, 0.15) is 0 Å². The first-order valence-electron chi connectivity index (χ1n) is 6.08. The van der Waals surface area contributed by atoms with Crippen LogP contribution in [0, 0.1) is 13.8 Å². The van der Waals surface area contributed by atoms with Gasteiger partial charge in [0, 0.05) is 32.2 Å². The first kappa shape index (κ1) is 15.1. The van der Waals surface area contributed by atoms with Crippen LogP contribution in [0.1, 0.15) is 26.4 Å². The van der Waals surface area contributed by atoms with E-state index in [1.54, 1.807) is 11.3 Å². The summed E-state index contributed by atoms with van der Waals surface area (Å²) in [6.45, 7) is 5.70. The second-order valence-electron chi connectivity index (χ2n) is 4.58. The number of aryl methyl sites for hydroxylation is 2. The summed E-state index contributed by atoms with van der Waals surface area (Å²) in [6.07, 6.45) is 0. The van der Waals surface area contributed by atoms with Crippen molar-refractivity contribution < 1.29 is 0 Å². The SMILES string of the molecule is Cc1ncsc1CN(C)C(CN)c1cc(Br)c(C)s1. The van der Waals surface area contributed by atoms with Gasteiger partial charge in [0.15, 0.2) is 0 Å². The lowest BCUT2D eigenvalue weighted by molar-refractivity contribution is 0.246. The smallest absolute Gasteiger partial charge is 0.0798 e. The standard InChI is InChI=1S/C13H18BrN3S2/c1-8-13(18-7-16-8)6-17(3)11(5-15)12-4-10(14)9(2)19-12/h4,7,11H,5-6,15H2,1-3H3. The van der Waals surface area contributed by atoms with Crippen molar-refractivity contribution in [3.63, 3.8) is 0 Å².